The number of furan rings is 1. The number of nitrogens with zero attached hydrogens (tertiary/aromatic N) is 8. The highest BCUT2D eigenvalue weighted by molar-refractivity contribution is 6.30. The molecule has 0 spiro atoms. The molecule has 9 nitrogen and oxygen atoms in total. The van der Waals surface area contributed by atoms with E-state index in [1.54, 1.807) is 0 Å². The smallest absolute Gasteiger partial charge is 0.165 e. The Morgan fingerprint density at radius 2 is 0.726 bits per heavy atom. The highest BCUT2D eigenvalue weighted by Crippen LogP contribution is 2.49. The monoisotopic (exact) mass is 1350 g/mol. The van der Waals surface area contributed by atoms with Crippen LogP contribution in [-0.4, -0.2) is 38.6 Å². The third-order valence-electron chi connectivity index (χ3n) is 21.4. The van der Waals surface area contributed by atoms with E-state index >= 15 is 0 Å². The molecule has 9 heteroatoms. The molecule has 0 atom stereocenters. The first kappa shape index (κ1) is 59.3. The molecule has 0 saturated heterocycles. The Kier molecular flexibility index (Phi) is 13.2. The van der Waals surface area contributed by atoms with Gasteiger partial charge >= 0.3 is 0 Å². The van der Waals surface area contributed by atoms with E-state index < -0.39 is 0 Å². The van der Waals surface area contributed by atoms with Crippen LogP contribution >= 0.6 is 0 Å². The molecule has 6 heterocycles. The number of hydrogen-bond donors (Lipinski definition) is 0. The predicted molar refractivity (Wildman–Crippen MR) is 436 cm³/mol. The van der Waals surface area contributed by atoms with Gasteiger partial charge in [0.15, 0.2) is 23.3 Å². The number of fused-ring (bicyclic) bond motifs is 18. The highest BCUT2D eigenvalue weighted by atomic mass is 16.3. The summed E-state index contributed by atoms with van der Waals surface area (Å²) in [5, 5.41) is 13.4. The van der Waals surface area contributed by atoms with Gasteiger partial charge in [-0.3, -0.25) is 4.57 Å². The fraction of sp³-hybridized carbons (Fsp3) is 0. The molecule has 0 fully saturated rings. The summed E-state index contributed by atoms with van der Waals surface area (Å²) in [6.45, 7) is 0. The van der Waals surface area contributed by atoms with E-state index in [2.05, 4.69) is 317 Å². The SMILES string of the molecule is c1ccc(-c2ccc(-n3c4ccccc4c4cc(-c5cc(-c6ccc7ccc8c(c7c6)c6c7ccccc7ccc6n8-c6nc7ccccc7nc6-c6ccc7c8ccccc8n(-c8ccccc8)c7c6)cc(-c6nc(-c7ccccc7)nc(-c7ccccc7)n6)c5)c5oc6ccccc6c5c43)cc2)cc1. The zero-order chi connectivity index (χ0) is 69.5. The average Bonchev–Trinajstić information content (AvgIpc) is 1.55. The van der Waals surface area contributed by atoms with Gasteiger partial charge in [-0.1, -0.05) is 249 Å². The Morgan fingerprint density at radius 3 is 1.43 bits per heavy atom. The summed E-state index contributed by atoms with van der Waals surface area (Å²) in [5.41, 5.74) is 22.3. The van der Waals surface area contributed by atoms with E-state index in [1.165, 1.54) is 10.9 Å². The van der Waals surface area contributed by atoms with Crippen LogP contribution in [0.25, 0.3) is 216 Å². The molecule has 492 valence electrons. The molecule has 0 aliphatic carbocycles. The second kappa shape index (κ2) is 23.6. The molecule has 0 aliphatic heterocycles. The van der Waals surface area contributed by atoms with Crippen molar-refractivity contribution in [2.24, 2.45) is 0 Å². The van der Waals surface area contributed by atoms with Gasteiger partial charge in [-0.05, 0) is 152 Å². The number of para-hydroxylation sites is 6. The molecule has 0 bridgehead atoms. The van der Waals surface area contributed by atoms with E-state index in [1.807, 2.05) is 48.5 Å². The number of benzene rings is 16. The molecule has 16 aromatic carbocycles. The van der Waals surface area contributed by atoms with Gasteiger partial charge in [-0.25, -0.2) is 24.9 Å². The van der Waals surface area contributed by atoms with Crippen LogP contribution in [0, 0.1) is 0 Å². The first-order valence-corrected chi connectivity index (χ1v) is 35.9. The molecule has 22 aromatic rings. The lowest BCUT2D eigenvalue weighted by Crippen LogP contribution is -2.04. The van der Waals surface area contributed by atoms with Gasteiger partial charge in [0, 0.05) is 76.9 Å². The Bertz CT molecular complexity index is 7300. The van der Waals surface area contributed by atoms with E-state index in [0.29, 0.717) is 17.5 Å². The van der Waals surface area contributed by atoms with Gasteiger partial charge in [-0.2, -0.15) is 0 Å². The number of hydrogen-bond acceptors (Lipinski definition) is 6. The van der Waals surface area contributed by atoms with Gasteiger partial charge in [0.1, 0.15) is 16.9 Å². The Hall–Kier alpha value is -14.4. The zero-order valence-corrected chi connectivity index (χ0v) is 57.0. The van der Waals surface area contributed by atoms with Crippen molar-refractivity contribution in [3.05, 3.63) is 352 Å². The molecule has 106 heavy (non-hydrogen) atoms. The molecule has 6 aromatic heterocycles. The van der Waals surface area contributed by atoms with Gasteiger partial charge in [0.2, 0.25) is 0 Å². The maximum Gasteiger partial charge on any atom is 0.165 e. The Labute approximate surface area is 607 Å². The molecule has 0 N–H and O–H groups in total. The van der Waals surface area contributed by atoms with E-state index in [-0.39, 0.29) is 0 Å². The Morgan fingerprint density at radius 1 is 0.236 bits per heavy atom. The van der Waals surface area contributed by atoms with Crippen molar-refractivity contribution < 1.29 is 4.42 Å². The number of aromatic nitrogens is 8. The van der Waals surface area contributed by atoms with Crippen LogP contribution in [0.1, 0.15) is 0 Å². The van der Waals surface area contributed by atoms with Gasteiger partial charge in [0.05, 0.1) is 49.5 Å². The minimum atomic E-state index is 0.541. The fourth-order valence-electron chi connectivity index (χ4n) is 16.6. The second-order valence-corrected chi connectivity index (χ2v) is 27.4. The second-order valence-electron chi connectivity index (χ2n) is 27.4. The summed E-state index contributed by atoms with van der Waals surface area (Å²) in [6.07, 6.45) is 0. The molecule has 0 unspecified atom stereocenters. The van der Waals surface area contributed by atoms with Crippen LogP contribution in [0.5, 0.6) is 0 Å². The molecular weight excluding hydrogens is 1290 g/mol. The summed E-state index contributed by atoms with van der Waals surface area (Å²) < 4.78 is 14.5. The maximum atomic E-state index is 7.32. The first-order valence-electron chi connectivity index (χ1n) is 35.9. The fourth-order valence-corrected chi connectivity index (χ4v) is 16.6. The lowest BCUT2D eigenvalue weighted by atomic mass is 9.92. The van der Waals surface area contributed by atoms with Crippen LogP contribution in [0.15, 0.2) is 356 Å². The third-order valence-corrected chi connectivity index (χ3v) is 21.4. The standard InChI is InChI=1S/C97H58N8O/c1-5-23-59(24-6-1)60-43-48-71(49-44-60)104-83-39-21-16-34-74(83)79-58-78(93-90(92(79)104)76-35-17-22-40-87(76)106-93)68-53-67(54-69(55-68)96-101-94(63-26-7-2-8-27-63)100-95(102-96)64-28-9-3-10-29-64)65-42-41-62-47-52-85-89(77(62)56-65)88-72-32-14-13-25-61(72)46-51-84(88)105(85)97-91(98-80-36-18-19-37-81(80)99-97)66-45-50-75-73-33-15-20-38-82(73)103(86(75)57-66)70-30-11-4-12-31-70/h1-58H. The van der Waals surface area contributed by atoms with Crippen LogP contribution < -0.4 is 0 Å². The largest absolute Gasteiger partial charge is 0.455 e. The minimum absolute atomic E-state index is 0.541. The van der Waals surface area contributed by atoms with Crippen molar-refractivity contribution in [1.29, 1.82) is 0 Å². The molecule has 22 rings (SSSR count). The maximum absolute atomic E-state index is 7.32. The third kappa shape index (κ3) is 9.33. The van der Waals surface area contributed by atoms with E-state index in [9.17, 15) is 0 Å². The van der Waals surface area contributed by atoms with Gasteiger partial charge in [-0.15, -0.1) is 0 Å². The Balaban J connectivity index is 0.804. The normalized spacial score (nSPS) is 12.0. The minimum Gasteiger partial charge on any atom is -0.455 e. The average molecular weight is 1350 g/mol. The van der Waals surface area contributed by atoms with Crippen molar-refractivity contribution in [3.63, 3.8) is 0 Å². The molecule has 0 amide bonds. The predicted octanol–water partition coefficient (Wildman–Crippen LogP) is 25.0. The zero-order valence-electron chi connectivity index (χ0n) is 57.0. The van der Waals surface area contributed by atoms with Crippen LogP contribution in [0.2, 0.25) is 0 Å². The van der Waals surface area contributed by atoms with Crippen molar-refractivity contribution in [3.8, 4) is 96.0 Å². The van der Waals surface area contributed by atoms with Crippen molar-refractivity contribution in [2.75, 3.05) is 0 Å². The van der Waals surface area contributed by atoms with Gasteiger partial charge < -0.3 is 13.6 Å². The van der Waals surface area contributed by atoms with Gasteiger partial charge in [0.25, 0.3) is 0 Å². The summed E-state index contributed by atoms with van der Waals surface area (Å²) in [5.74, 6) is 2.44. The van der Waals surface area contributed by atoms with E-state index in [0.717, 1.165) is 188 Å². The van der Waals surface area contributed by atoms with Crippen molar-refractivity contribution in [1.82, 2.24) is 38.6 Å². The molecule has 0 aliphatic rings. The quantitative estimate of drug-likeness (QED) is 0.135. The summed E-state index contributed by atoms with van der Waals surface area (Å²) in [7, 11) is 0. The first-order chi connectivity index (χ1) is 52.5. The lowest BCUT2D eigenvalue weighted by molar-refractivity contribution is 0.670. The highest BCUT2D eigenvalue weighted by Gasteiger charge is 2.27. The number of rotatable bonds is 10. The summed E-state index contributed by atoms with van der Waals surface area (Å²) >= 11 is 0. The molecular formula is C97H58N8O. The van der Waals surface area contributed by atoms with Crippen molar-refractivity contribution >= 4 is 120 Å². The van der Waals surface area contributed by atoms with Crippen molar-refractivity contribution in [2.45, 2.75) is 0 Å². The summed E-state index contributed by atoms with van der Waals surface area (Å²) in [6, 6.07) is 125. The van der Waals surface area contributed by atoms with Crippen LogP contribution in [-0.2, 0) is 0 Å². The van der Waals surface area contributed by atoms with Crippen LogP contribution in [0.3, 0.4) is 0 Å². The van der Waals surface area contributed by atoms with E-state index in [4.69, 9.17) is 29.3 Å². The summed E-state index contributed by atoms with van der Waals surface area (Å²) in [4.78, 5) is 27.4. The molecule has 0 saturated carbocycles. The van der Waals surface area contributed by atoms with Crippen LogP contribution in [0.4, 0.5) is 0 Å². The molecule has 0 radical (unpaired) electrons. The lowest BCUT2D eigenvalue weighted by Gasteiger charge is -2.15. The topological polar surface area (TPSA) is 92.4 Å².